The van der Waals surface area contributed by atoms with E-state index in [1.54, 1.807) is 0 Å². The van der Waals surface area contributed by atoms with Crippen molar-refractivity contribution in [2.75, 3.05) is 7.18 Å². The summed E-state index contributed by atoms with van der Waals surface area (Å²) in [5.41, 5.74) is 4.17. The van der Waals surface area contributed by atoms with E-state index in [0.717, 1.165) is 32.7 Å². The van der Waals surface area contributed by atoms with Crippen molar-refractivity contribution in [1.29, 1.82) is 0 Å². The molecule has 0 aliphatic heterocycles. The highest BCUT2D eigenvalue weighted by molar-refractivity contribution is 6.31. The topological polar surface area (TPSA) is 28.7 Å². The number of aromatic amines is 1. The predicted molar refractivity (Wildman–Crippen MR) is 91.1 cm³/mol. The van der Waals surface area contributed by atoms with Crippen molar-refractivity contribution < 1.29 is 4.39 Å². The molecule has 0 atom stereocenters. The van der Waals surface area contributed by atoms with Crippen LogP contribution in [0.1, 0.15) is 0 Å². The van der Waals surface area contributed by atoms with Crippen molar-refractivity contribution in [3.05, 3.63) is 65.8 Å². The van der Waals surface area contributed by atoms with Gasteiger partial charge in [0.2, 0.25) is 0 Å². The molecule has 4 aromatic rings. The molecule has 2 aromatic carbocycles. The molecule has 0 saturated carbocycles. The lowest BCUT2D eigenvalue weighted by atomic mass is 10.1. The maximum absolute atomic E-state index is 9.50. The van der Waals surface area contributed by atoms with E-state index in [4.69, 9.17) is 16.6 Å². The van der Waals surface area contributed by atoms with E-state index in [1.165, 1.54) is 5.39 Å². The first-order chi connectivity index (χ1) is 10.8. The summed E-state index contributed by atoms with van der Waals surface area (Å²) in [6.45, 7) is 0. The minimum atomic E-state index is 0.500. The van der Waals surface area contributed by atoms with Gasteiger partial charge in [0.1, 0.15) is 0 Å². The highest BCUT2D eigenvalue weighted by atomic mass is 35.5. The van der Waals surface area contributed by atoms with Gasteiger partial charge in [0.25, 0.3) is 0 Å². The molecule has 0 amide bonds. The van der Waals surface area contributed by atoms with Crippen molar-refractivity contribution in [2.45, 2.75) is 0 Å². The molecule has 22 heavy (non-hydrogen) atoms. The van der Waals surface area contributed by atoms with Gasteiger partial charge in [-0.25, -0.2) is 4.98 Å². The van der Waals surface area contributed by atoms with E-state index < -0.39 is 0 Å². The number of alkyl halides is 1. The Morgan fingerprint density at radius 2 is 1.82 bits per heavy atom. The molecule has 2 heterocycles. The second-order valence-corrected chi connectivity index (χ2v) is 5.22. The zero-order chi connectivity index (χ0) is 15.5. The van der Waals surface area contributed by atoms with Crippen molar-refractivity contribution >= 4 is 33.4 Å². The second-order valence-electron chi connectivity index (χ2n) is 4.78. The summed E-state index contributed by atoms with van der Waals surface area (Å²) in [6, 6.07) is 18.1. The molecule has 1 N–H and O–H groups in total. The average molecular weight is 313 g/mol. The molecule has 4 rings (SSSR count). The van der Waals surface area contributed by atoms with Gasteiger partial charge in [0, 0.05) is 33.1 Å². The van der Waals surface area contributed by atoms with Crippen LogP contribution in [0.2, 0.25) is 5.02 Å². The third kappa shape index (κ3) is 2.55. The van der Waals surface area contributed by atoms with Crippen LogP contribution in [0, 0.1) is 0 Å². The molecule has 2 nitrogen and oxygen atoms in total. The van der Waals surface area contributed by atoms with Crippen LogP contribution in [-0.4, -0.2) is 17.1 Å². The molecule has 0 radical (unpaired) electrons. The fourth-order valence-electron chi connectivity index (χ4n) is 2.53. The molecular formula is C18H14ClFN2. The monoisotopic (exact) mass is 312 g/mol. The zero-order valence-electron chi connectivity index (χ0n) is 12.0. The number of halogens is 2. The number of hydrogen-bond acceptors (Lipinski definition) is 1. The Hall–Kier alpha value is -2.39. The van der Waals surface area contributed by atoms with Gasteiger partial charge in [-0.1, -0.05) is 35.9 Å². The third-order valence-corrected chi connectivity index (χ3v) is 3.75. The molecule has 2 aromatic heterocycles. The summed E-state index contributed by atoms with van der Waals surface area (Å²) in [6.07, 6.45) is 2.01. The summed E-state index contributed by atoms with van der Waals surface area (Å²) >= 11 is 6.00. The molecule has 0 saturated heterocycles. The Morgan fingerprint density at radius 3 is 2.68 bits per heavy atom. The van der Waals surface area contributed by atoms with E-state index in [0.29, 0.717) is 7.18 Å². The summed E-state index contributed by atoms with van der Waals surface area (Å²) in [4.78, 5) is 8.01. The quantitative estimate of drug-likeness (QED) is 0.485. The normalized spacial score (nSPS) is 10.5. The van der Waals surface area contributed by atoms with Gasteiger partial charge in [-0.15, -0.1) is 0 Å². The second kappa shape index (κ2) is 6.16. The van der Waals surface area contributed by atoms with Crippen LogP contribution >= 0.6 is 11.6 Å². The first-order valence-corrected chi connectivity index (χ1v) is 7.20. The number of fused-ring (bicyclic) bond motifs is 2. The molecule has 0 unspecified atom stereocenters. The van der Waals surface area contributed by atoms with Crippen LogP contribution in [0.5, 0.6) is 0 Å². The summed E-state index contributed by atoms with van der Waals surface area (Å²) in [5.74, 6) is 0. The molecule has 0 aliphatic rings. The van der Waals surface area contributed by atoms with Gasteiger partial charge in [0.15, 0.2) is 0 Å². The minimum Gasteiger partial charge on any atom is -0.360 e. The van der Waals surface area contributed by atoms with Gasteiger partial charge in [-0.3, -0.25) is 4.39 Å². The lowest BCUT2D eigenvalue weighted by molar-refractivity contribution is 0.636. The predicted octanol–water partition coefficient (Wildman–Crippen LogP) is 5.62. The Labute approximate surface area is 132 Å². The number of nitrogens with zero attached hydrogens (tertiary/aromatic N) is 1. The fourth-order valence-corrected chi connectivity index (χ4v) is 2.71. The molecule has 0 spiro atoms. The third-order valence-electron chi connectivity index (χ3n) is 3.52. The molecule has 0 fully saturated rings. The van der Waals surface area contributed by atoms with Crippen molar-refractivity contribution in [3.63, 3.8) is 0 Å². The number of aromatic nitrogens is 2. The summed E-state index contributed by atoms with van der Waals surface area (Å²) in [5, 5.41) is 2.98. The minimum absolute atomic E-state index is 0.500. The van der Waals surface area contributed by atoms with E-state index in [-0.39, 0.29) is 0 Å². The van der Waals surface area contributed by atoms with Crippen LogP contribution in [0.25, 0.3) is 33.1 Å². The first-order valence-electron chi connectivity index (χ1n) is 6.82. The van der Waals surface area contributed by atoms with Gasteiger partial charge in [0.05, 0.1) is 18.4 Å². The van der Waals surface area contributed by atoms with E-state index >= 15 is 0 Å². The van der Waals surface area contributed by atoms with E-state index in [2.05, 4.69) is 23.2 Å². The van der Waals surface area contributed by atoms with Gasteiger partial charge in [-0.2, -0.15) is 0 Å². The van der Waals surface area contributed by atoms with E-state index in [9.17, 15) is 4.39 Å². The van der Waals surface area contributed by atoms with Crippen LogP contribution in [0.3, 0.4) is 0 Å². The van der Waals surface area contributed by atoms with Gasteiger partial charge < -0.3 is 4.98 Å². The molecular weight excluding hydrogens is 299 g/mol. The molecule has 0 bridgehead atoms. The van der Waals surface area contributed by atoms with Gasteiger partial charge in [-0.05, 0) is 30.3 Å². The number of para-hydroxylation sites is 1. The van der Waals surface area contributed by atoms with Crippen LogP contribution in [-0.2, 0) is 0 Å². The number of rotatable bonds is 1. The number of benzene rings is 2. The first kappa shape index (κ1) is 14.5. The van der Waals surface area contributed by atoms with Crippen LogP contribution < -0.4 is 0 Å². The largest absolute Gasteiger partial charge is 0.360 e. The highest BCUT2D eigenvalue weighted by Gasteiger charge is 2.07. The smallest absolute Gasteiger partial charge is 0.0785 e. The Morgan fingerprint density at radius 1 is 1.00 bits per heavy atom. The van der Waals surface area contributed by atoms with Crippen LogP contribution in [0.15, 0.2) is 60.8 Å². The summed E-state index contributed by atoms with van der Waals surface area (Å²) < 4.78 is 9.50. The van der Waals surface area contributed by atoms with Crippen molar-refractivity contribution in [1.82, 2.24) is 9.97 Å². The number of pyridine rings is 1. The van der Waals surface area contributed by atoms with Crippen LogP contribution in [0.4, 0.5) is 4.39 Å². The molecule has 110 valence electrons. The summed E-state index contributed by atoms with van der Waals surface area (Å²) in [7, 11) is 0.500. The number of nitrogens with one attached hydrogen (secondary N) is 1. The van der Waals surface area contributed by atoms with Gasteiger partial charge >= 0.3 is 0 Å². The Bertz CT molecular complexity index is 931. The average Bonchev–Trinajstić information content (AvgIpc) is 3.00. The van der Waals surface area contributed by atoms with E-state index in [1.807, 2.05) is 42.6 Å². The SMILES string of the molecule is CF.Clc1ccc2nc(-c3c[nH]c4ccccc34)ccc2c1. The highest BCUT2D eigenvalue weighted by Crippen LogP contribution is 2.29. The maximum atomic E-state index is 9.50. The maximum Gasteiger partial charge on any atom is 0.0785 e. The molecule has 0 aliphatic carbocycles. The van der Waals surface area contributed by atoms with Crippen molar-refractivity contribution in [2.24, 2.45) is 0 Å². The lowest BCUT2D eigenvalue weighted by Crippen LogP contribution is -1.84. The Kier molecular flexibility index (Phi) is 4.07. The Balaban J connectivity index is 0.000000693. The number of H-pyrrole nitrogens is 1. The standard InChI is InChI=1S/C17H11ClN2.CH3F/c18-12-6-8-15-11(9-12)5-7-17(20-15)14-10-19-16-4-2-1-3-13(14)16;1-2/h1-10,19H;1H3. The number of hydrogen-bond donors (Lipinski definition) is 1. The molecule has 4 heteroatoms. The lowest BCUT2D eigenvalue weighted by Gasteiger charge is -2.02. The fraction of sp³-hybridized carbons (Fsp3) is 0.0556. The van der Waals surface area contributed by atoms with Crippen molar-refractivity contribution in [3.8, 4) is 11.3 Å². The zero-order valence-corrected chi connectivity index (χ0v) is 12.7.